The average molecular weight is 629 g/mol. The molecule has 6 rings (SSSR count). The lowest BCUT2D eigenvalue weighted by atomic mass is 9.95. The van der Waals surface area contributed by atoms with Crippen LogP contribution in [0.25, 0.3) is 0 Å². The summed E-state index contributed by atoms with van der Waals surface area (Å²) in [6, 6.07) is 19.7. The highest BCUT2D eigenvalue weighted by Crippen LogP contribution is 2.30. The van der Waals surface area contributed by atoms with Crippen LogP contribution >= 0.6 is 11.8 Å². The van der Waals surface area contributed by atoms with Gasteiger partial charge in [-0.3, -0.25) is 0 Å². The second kappa shape index (κ2) is 17.3. The third kappa shape index (κ3) is 10.7. The van der Waals surface area contributed by atoms with Crippen molar-refractivity contribution in [1.82, 2.24) is 10.6 Å². The van der Waals surface area contributed by atoms with Crippen molar-refractivity contribution < 1.29 is 0 Å². The van der Waals surface area contributed by atoms with E-state index in [-0.39, 0.29) is 0 Å². The number of nitrogens with zero attached hydrogens (tertiary/aromatic N) is 2. The van der Waals surface area contributed by atoms with Crippen molar-refractivity contribution in [3.63, 3.8) is 0 Å². The van der Waals surface area contributed by atoms with Crippen molar-refractivity contribution in [3.8, 4) is 0 Å². The topological polar surface area (TPSA) is 72.8 Å². The van der Waals surface area contributed by atoms with Crippen LogP contribution in [0.3, 0.4) is 0 Å². The molecule has 0 atom stereocenters. The number of nitrogens with one attached hydrogen (secondary N) is 4. The number of rotatable bonds is 8. The third-order valence-corrected chi connectivity index (χ3v) is 11.2. The SMILES string of the molecule is c1cc(Sc2ccc(NC(=NC3CCCCC3)NC3CCCCC3)cc2)ccc1NC(=NC1CCCCC1)NC1CCCCC1. The Morgan fingerprint density at radius 3 is 1.13 bits per heavy atom. The summed E-state index contributed by atoms with van der Waals surface area (Å²) in [6.45, 7) is 0. The molecule has 0 radical (unpaired) electrons. The molecule has 2 aromatic carbocycles. The van der Waals surface area contributed by atoms with Crippen molar-refractivity contribution >= 4 is 35.1 Å². The van der Waals surface area contributed by atoms with Gasteiger partial charge in [0.25, 0.3) is 0 Å². The number of guanidine groups is 2. The van der Waals surface area contributed by atoms with Gasteiger partial charge in [-0.05, 0) is 99.9 Å². The van der Waals surface area contributed by atoms with E-state index in [1.54, 1.807) is 0 Å². The van der Waals surface area contributed by atoms with Gasteiger partial charge in [-0.2, -0.15) is 0 Å². The molecular formula is C38H56N6S. The Kier molecular flexibility index (Phi) is 12.4. The van der Waals surface area contributed by atoms with Crippen LogP contribution in [0.4, 0.5) is 11.4 Å². The Hall–Kier alpha value is -2.67. The van der Waals surface area contributed by atoms with Crippen LogP contribution in [0, 0.1) is 0 Å². The molecule has 6 nitrogen and oxygen atoms in total. The molecule has 0 aliphatic heterocycles. The minimum atomic E-state index is 0.447. The fraction of sp³-hybridized carbons (Fsp3) is 0.632. The van der Waals surface area contributed by atoms with E-state index in [4.69, 9.17) is 9.98 Å². The van der Waals surface area contributed by atoms with Gasteiger partial charge in [0.2, 0.25) is 0 Å². The highest BCUT2D eigenvalue weighted by Gasteiger charge is 2.19. The summed E-state index contributed by atoms with van der Waals surface area (Å²) >= 11 is 1.81. The van der Waals surface area contributed by atoms with Gasteiger partial charge in [0, 0.05) is 33.2 Å². The molecule has 4 N–H and O–H groups in total. The van der Waals surface area contributed by atoms with Gasteiger partial charge in [0.05, 0.1) is 12.1 Å². The zero-order valence-electron chi connectivity index (χ0n) is 27.4. The van der Waals surface area contributed by atoms with Crippen LogP contribution in [0.15, 0.2) is 68.3 Å². The molecule has 0 spiro atoms. The first-order valence-electron chi connectivity index (χ1n) is 18.4. The zero-order valence-corrected chi connectivity index (χ0v) is 28.2. The van der Waals surface area contributed by atoms with Crippen LogP contribution < -0.4 is 21.3 Å². The molecule has 0 heterocycles. The summed E-state index contributed by atoms with van der Waals surface area (Å²) in [5.74, 6) is 1.95. The molecule has 45 heavy (non-hydrogen) atoms. The quantitative estimate of drug-likeness (QED) is 0.173. The maximum Gasteiger partial charge on any atom is 0.196 e. The van der Waals surface area contributed by atoms with E-state index < -0.39 is 0 Å². The van der Waals surface area contributed by atoms with Gasteiger partial charge in [-0.15, -0.1) is 0 Å². The van der Waals surface area contributed by atoms with E-state index in [2.05, 4.69) is 69.8 Å². The Bertz CT molecular complexity index is 1110. The van der Waals surface area contributed by atoms with Crippen LogP contribution in [0.5, 0.6) is 0 Å². The van der Waals surface area contributed by atoms with Crippen molar-refractivity contribution in [2.24, 2.45) is 9.98 Å². The number of benzene rings is 2. The van der Waals surface area contributed by atoms with E-state index >= 15 is 0 Å². The number of aliphatic imine (C=N–C) groups is 2. The van der Waals surface area contributed by atoms with Crippen molar-refractivity contribution in [3.05, 3.63) is 48.5 Å². The Balaban J connectivity index is 1.05. The molecular weight excluding hydrogens is 573 g/mol. The maximum atomic E-state index is 5.18. The highest BCUT2D eigenvalue weighted by atomic mass is 32.2. The monoisotopic (exact) mass is 628 g/mol. The van der Waals surface area contributed by atoms with Gasteiger partial charge >= 0.3 is 0 Å². The van der Waals surface area contributed by atoms with Crippen molar-refractivity contribution in [2.75, 3.05) is 10.6 Å². The largest absolute Gasteiger partial charge is 0.353 e. The summed E-state index contributed by atoms with van der Waals surface area (Å²) in [4.78, 5) is 12.8. The minimum absolute atomic E-state index is 0.447. The second-order valence-electron chi connectivity index (χ2n) is 13.9. The summed E-state index contributed by atoms with van der Waals surface area (Å²) in [5, 5.41) is 14.9. The molecule has 244 valence electrons. The zero-order chi connectivity index (χ0) is 30.5. The van der Waals surface area contributed by atoms with Crippen LogP contribution in [0.1, 0.15) is 128 Å². The highest BCUT2D eigenvalue weighted by molar-refractivity contribution is 7.99. The first-order valence-corrected chi connectivity index (χ1v) is 19.2. The Morgan fingerprint density at radius 1 is 0.444 bits per heavy atom. The van der Waals surface area contributed by atoms with Gasteiger partial charge < -0.3 is 21.3 Å². The molecule has 0 amide bonds. The van der Waals surface area contributed by atoms with Crippen molar-refractivity contribution in [2.45, 2.75) is 162 Å². The van der Waals surface area contributed by atoms with E-state index in [0.717, 1.165) is 23.3 Å². The molecule has 0 aromatic heterocycles. The molecule has 0 unspecified atom stereocenters. The van der Waals surface area contributed by atoms with Gasteiger partial charge in [-0.1, -0.05) is 88.8 Å². The summed E-state index contributed by atoms with van der Waals surface area (Å²) in [6.07, 6.45) is 25.8. The van der Waals surface area contributed by atoms with Crippen molar-refractivity contribution in [1.29, 1.82) is 0 Å². The standard InChI is InChI=1S/C38H56N6S/c1-5-13-29(14-6-1)39-37(40-30-15-7-2-8-16-30)43-33-21-25-35(26-22-33)45-36-27-23-34(24-28-36)44-38(41-31-17-9-3-10-18-31)42-32-19-11-4-12-20-32/h21-32H,1-20H2,(H2,39,40,43)(H2,41,42,44). The lowest BCUT2D eigenvalue weighted by Gasteiger charge is -2.27. The Labute approximate surface area is 276 Å². The normalized spacial score (nSPS) is 21.8. The van der Waals surface area contributed by atoms with E-state index in [1.807, 2.05) is 11.8 Å². The fourth-order valence-electron chi connectivity index (χ4n) is 7.50. The first-order chi connectivity index (χ1) is 22.2. The number of hydrogen-bond acceptors (Lipinski definition) is 3. The van der Waals surface area contributed by atoms with Gasteiger partial charge in [0.15, 0.2) is 11.9 Å². The fourth-order valence-corrected chi connectivity index (χ4v) is 8.32. The van der Waals surface area contributed by atoms with Gasteiger partial charge in [0.1, 0.15) is 0 Å². The van der Waals surface area contributed by atoms with E-state index in [0.29, 0.717) is 24.2 Å². The average Bonchev–Trinajstić information content (AvgIpc) is 3.08. The van der Waals surface area contributed by atoms with Gasteiger partial charge in [-0.25, -0.2) is 9.98 Å². The second-order valence-corrected chi connectivity index (χ2v) is 15.0. The van der Waals surface area contributed by atoms with Crippen LogP contribution in [0.2, 0.25) is 0 Å². The Morgan fingerprint density at radius 2 is 0.778 bits per heavy atom. The smallest absolute Gasteiger partial charge is 0.196 e. The lowest BCUT2D eigenvalue weighted by molar-refractivity contribution is 0.408. The van der Waals surface area contributed by atoms with E-state index in [1.165, 1.54) is 138 Å². The molecule has 4 aliphatic rings. The van der Waals surface area contributed by atoms with Crippen LogP contribution in [-0.2, 0) is 0 Å². The minimum Gasteiger partial charge on any atom is -0.353 e. The van der Waals surface area contributed by atoms with E-state index in [9.17, 15) is 0 Å². The summed E-state index contributed by atoms with van der Waals surface area (Å²) in [5.41, 5.74) is 2.21. The molecule has 0 bridgehead atoms. The predicted octanol–water partition coefficient (Wildman–Crippen LogP) is 9.88. The molecule has 0 saturated heterocycles. The third-order valence-electron chi connectivity index (χ3n) is 10.1. The summed E-state index contributed by atoms with van der Waals surface area (Å²) < 4.78 is 0. The maximum absolute atomic E-state index is 5.18. The molecule has 4 saturated carbocycles. The van der Waals surface area contributed by atoms with Crippen LogP contribution in [-0.4, -0.2) is 36.1 Å². The predicted molar refractivity (Wildman–Crippen MR) is 193 cm³/mol. The summed E-state index contributed by atoms with van der Waals surface area (Å²) in [7, 11) is 0. The lowest BCUT2D eigenvalue weighted by Crippen LogP contribution is -2.41. The molecule has 7 heteroatoms. The molecule has 2 aromatic rings. The number of hydrogen-bond donors (Lipinski definition) is 4. The first kappa shape index (κ1) is 32.3. The number of anilines is 2. The molecule has 4 fully saturated rings. The molecule has 4 aliphatic carbocycles.